The van der Waals surface area contributed by atoms with Gasteiger partial charge in [-0.25, -0.2) is 0 Å². The molecule has 2 aromatic heterocycles. The fraction of sp³-hybridized carbons (Fsp3) is 0.241. The van der Waals surface area contributed by atoms with Crippen LogP contribution < -0.4 is 10.1 Å². The number of thiocarbonyl (C=S) groups is 1. The van der Waals surface area contributed by atoms with Gasteiger partial charge in [0.05, 0.1) is 24.9 Å². The van der Waals surface area contributed by atoms with Crippen molar-refractivity contribution >= 4 is 17.3 Å². The third-order valence-electron chi connectivity index (χ3n) is 6.79. The lowest BCUT2D eigenvalue weighted by atomic mass is 9.96. The quantitative estimate of drug-likeness (QED) is 0.343. The van der Waals surface area contributed by atoms with Crippen LogP contribution in [0.1, 0.15) is 45.9 Å². The fourth-order valence-corrected chi connectivity index (χ4v) is 5.33. The van der Waals surface area contributed by atoms with Gasteiger partial charge in [-0.3, -0.25) is 4.98 Å². The van der Waals surface area contributed by atoms with Crippen molar-refractivity contribution in [2.24, 2.45) is 0 Å². The molecule has 0 radical (unpaired) electrons. The van der Waals surface area contributed by atoms with Gasteiger partial charge in [0.2, 0.25) is 0 Å². The summed E-state index contributed by atoms with van der Waals surface area (Å²) < 4.78 is 7.67. The van der Waals surface area contributed by atoms with Gasteiger partial charge in [-0.05, 0) is 86.6 Å². The summed E-state index contributed by atoms with van der Waals surface area (Å²) >= 11 is 5.89. The average molecular weight is 483 g/mol. The first-order valence-corrected chi connectivity index (χ1v) is 12.2. The second kappa shape index (κ2) is 9.55. The molecule has 0 unspecified atom stereocenters. The molecule has 1 N–H and O–H groups in total. The minimum atomic E-state index is -0.0473. The highest BCUT2D eigenvalue weighted by atomic mass is 32.1. The van der Waals surface area contributed by atoms with E-state index in [4.69, 9.17) is 17.0 Å². The summed E-state index contributed by atoms with van der Waals surface area (Å²) in [4.78, 5) is 6.98. The summed E-state index contributed by atoms with van der Waals surface area (Å²) in [7, 11) is 1.69. The van der Waals surface area contributed by atoms with Crippen molar-refractivity contribution in [2.45, 2.75) is 39.4 Å². The molecule has 1 fully saturated rings. The molecule has 5 nitrogen and oxygen atoms in total. The van der Waals surface area contributed by atoms with Crippen molar-refractivity contribution in [1.82, 2.24) is 19.8 Å². The SMILES string of the molecule is COc1ccc(CN2C(=S)N[C@@H](c3ccccn3)[C@H]2c2cc(C)n(-c3ccc(C)cc3)c2C)cc1. The van der Waals surface area contributed by atoms with Gasteiger partial charge >= 0.3 is 0 Å². The van der Waals surface area contributed by atoms with Crippen LogP contribution in [-0.2, 0) is 6.54 Å². The molecule has 0 amide bonds. The predicted octanol–water partition coefficient (Wildman–Crippen LogP) is 5.98. The Morgan fingerprint density at radius 3 is 2.37 bits per heavy atom. The Morgan fingerprint density at radius 2 is 1.71 bits per heavy atom. The molecule has 0 aliphatic carbocycles. The number of rotatable bonds is 6. The Kier molecular flexibility index (Phi) is 6.31. The molecule has 1 aliphatic heterocycles. The molecule has 4 aromatic rings. The summed E-state index contributed by atoms with van der Waals surface area (Å²) in [5, 5.41) is 4.31. The van der Waals surface area contributed by atoms with Gasteiger partial charge in [0.25, 0.3) is 0 Å². The molecular weight excluding hydrogens is 452 g/mol. The monoisotopic (exact) mass is 482 g/mol. The van der Waals surface area contributed by atoms with Crippen LogP contribution in [0.4, 0.5) is 0 Å². The van der Waals surface area contributed by atoms with E-state index in [1.54, 1.807) is 7.11 Å². The maximum Gasteiger partial charge on any atom is 0.170 e. The van der Waals surface area contributed by atoms with E-state index in [1.807, 2.05) is 30.5 Å². The highest BCUT2D eigenvalue weighted by Gasteiger charge is 2.41. The third kappa shape index (κ3) is 4.42. The molecule has 2 aromatic carbocycles. The Morgan fingerprint density at radius 1 is 0.971 bits per heavy atom. The molecule has 6 heteroatoms. The lowest BCUT2D eigenvalue weighted by Crippen LogP contribution is -2.29. The first-order valence-electron chi connectivity index (χ1n) is 11.8. The number of hydrogen-bond acceptors (Lipinski definition) is 3. The van der Waals surface area contributed by atoms with Crippen LogP contribution in [0, 0.1) is 20.8 Å². The van der Waals surface area contributed by atoms with Gasteiger partial charge in [-0.2, -0.15) is 0 Å². The highest BCUT2D eigenvalue weighted by Crippen LogP contribution is 2.42. The zero-order chi connectivity index (χ0) is 24.5. The molecule has 35 heavy (non-hydrogen) atoms. The van der Waals surface area contributed by atoms with Crippen LogP contribution in [0.5, 0.6) is 5.75 Å². The summed E-state index contributed by atoms with van der Waals surface area (Å²) in [5.41, 5.74) is 8.24. The standard InChI is InChI=1S/C29H30N4OS/c1-19-8-12-23(13-9-19)33-20(2)17-25(21(33)3)28-27(26-7-5-6-16-30-26)31-29(35)32(28)18-22-10-14-24(34-4)15-11-22/h5-17,27-28H,18H2,1-4H3,(H,31,35)/t27-,28+/m0/s1. The van der Waals surface area contributed by atoms with Crippen molar-refractivity contribution in [3.05, 3.63) is 113 Å². The number of hydrogen-bond donors (Lipinski definition) is 1. The normalized spacial score (nSPS) is 17.5. The highest BCUT2D eigenvalue weighted by molar-refractivity contribution is 7.80. The largest absolute Gasteiger partial charge is 0.497 e. The number of pyridine rings is 1. The number of aryl methyl sites for hydroxylation is 2. The average Bonchev–Trinajstić information content (AvgIpc) is 3.35. The molecule has 0 spiro atoms. The van der Waals surface area contributed by atoms with E-state index >= 15 is 0 Å². The van der Waals surface area contributed by atoms with Crippen LogP contribution in [0.2, 0.25) is 0 Å². The number of aromatic nitrogens is 2. The molecular formula is C29H30N4OS. The van der Waals surface area contributed by atoms with E-state index in [1.165, 1.54) is 33.8 Å². The Balaban J connectivity index is 1.59. The second-order valence-corrected chi connectivity index (χ2v) is 9.49. The summed E-state index contributed by atoms with van der Waals surface area (Å²) in [5.74, 6) is 0.848. The number of ether oxygens (including phenoxy) is 1. The Hall–Kier alpha value is -3.64. The minimum Gasteiger partial charge on any atom is -0.497 e. The van der Waals surface area contributed by atoms with Crippen molar-refractivity contribution in [3.8, 4) is 11.4 Å². The van der Waals surface area contributed by atoms with Crippen molar-refractivity contribution in [2.75, 3.05) is 7.11 Å². The number of nitrogens with zero attached hydrogens (tertiary/aromatic N) is 3. The molecule has 3 heterocycles. The maximum absolute atomic E-state index is 5.89. The zero-order valence-electron chi connectivity index (χ0n) is 20.5. The fourth-order valence-electron chi connectivity index (χ4n) is 5.02. The summed E-state index contributed by atoms with van der Waals surface area (Å²) in [6, 6.07) is 25.2. The molecule has 178 valence electrons. The Labute approximate surface area is 212 Å². The molecule has 1 aliphatic rings. The molecule has 0 saturated carbocycles. The van der Waals surface area contributed by atoms with E-state index in [0.29, 0.717) is 6.54 Å². The third-order valence-corrected chi connectivity index (χ3v) is 7.14. The second-order valence-electron chi connectivity index (χ2n) is 9.10. The lowest BCUT2D eigenvalue weighted by Gasteiger charge is -2.28. The first-order chi connectivity index (χ1) is 17.0. The molecule has 0 bridgehead atoms. The van der Waals surface area contributed by atoms with E-state index in [0.717, 1.165) is 16.6 Å². The van der Waals surface area contributed by atoms with Gasteiger partial charge in [0, 0.05) is 29.8 Å². The van der Waals surface area contributed by atoms with E-state index in [2.05, 4.69) is 89.1 Å². The predicted molar refractivity (Wildman–Crippen MR) is 144 cm³/mol. The van der Waals surface area contributed by atoms with E-state index in [9.17, 15) is 0 Å². The van der Waals surface area contributed by atoms with Gasteiger partial charge in [-0.1, -0.05) is 35.9 Å². The lowest BCUT2D eigenvalue weighted by molar-refractivity contribution is 0.310. The molecule has 5 rings (SSSR count). The van der Waals surface area contributed by atoms with Crippen molar-refractivity contribution in [1.29, 1.82) is 0 Å². The van der Waals surface area contributed by atoms with Gasteiger partial charge in [0.15, 0.2) is 5.11 Å². The zero-order valence-corrected chi connectivity index (χ0v) is 21.3. The van der Waals surface area contributed by atoms with Crippen LogP contribution in [0.3, 0.4) is 0 Å². The number of methoxy groups -OCH3 is 1. The van der Waals surface area contributed by atoms with Crippen LogP contribution in [0.15, 0.2) is 79.0 Å². The minimum absolute atomic E-state index is 0.00454. The van der Waals surface area contributed by atoms with E-state index in [-0.39, 0.29) is 12.1 Å². The molecule has 1 saturated heterocycles. The van der Waals surface area contributed by atoms with Crippen LogP contribution in [0.25, 0.3) is 5.69 Å². The van der Waals surface area contributed by atoms with Gasteiger partial charge in [-0.15, -0.1) is 0 Å². The summed E-state index contributed by atoms with van der Waals surface area (Å²) in [6.45, 7) is 7.17. The van der Waals surface area contributed by atoms with Crippen molar-refractivity contribution in [3.63, 3.8) is 0 Å². The van der Waals surface area contributed by atoms with Gasteiger partial charge in [0.1, 0.15) is 5.75 Å². The topological polar surface area (TPSA) is 42.3 Å². The number of nitrogens with one attached hydrogen (secondary N) is 1. The first kappa shape index (κ1) is 23.1. The van der Waals surface area contributed by atoms with Crippen molar-refractivity contribution < 1.29 is 4.74 Å². The maximum atomic E-state index is 5.89. The Bertz CT molecular complexity index is 1330. The number of benzene rings is 2. The molecule has 2 atom stereocenters. The van der Waals surface area contributed by atoms with Crippen LogP contribution >= 0.6 is 12.2 Å². The summed E-state index contributed by atoms with van der Waals surface area (Å²) in [6.07, 6.45) is 1.85. The van der Waals surface area contributed by atoms with Gasteiger partial charge < -0.3 is 19.5 Å². The van der Waals surface area contributed by atoms with Crippen LogP contribution in [-0.4, -0.2) is 26.7 Å². The van der Waals surface area contributed by atoms with E-state index < -0.39 is 0 Å². The smallest absolute Gasteiger partial charge is 0.170 e.